The van der Waals surface area contributed by atoms with Crippen LogP contribution in [-0.2, 0) is 0 Å². The van der Waals surface area contributed by atoms with Crippen molar-refractivity contribution in [1.29, 1.82) is 0 Å². The molecule has 76 valence electrons. The third-order valence-electron chi connectivity index (χ3n) is 3.99. The Morgan fingerprint density at radius 1 is 1.23 bits per heavy atom. The molecule has 1 rings (SSSR count). The van der Waals surface area contributed by atoms with E-state index in [0.717, 1.165) is 5.92 Å². The second-order valence-corrected chi connectivity index (χ2v) is 5.14. The van der Waals surface area contributed by atoms with E-state index in [2.05, 4.69) is 21.7 Å². The minimum Gasteiger partial charge on any atom is -0.0654 e. The summed E-state index contributed by atoms with van der Waals surface area (Å²) < 4.78 is 0. The third kappa shape index (κ3) is 2.75. The summed E-state index contributed by atoms with van der Waals surface area (Å²) >= 11 is 0. The minimum atomic E-state index is 0.697. The lowest BCUT2D eigenvalue weighted by Crippen LogP contribution is -2.27. The molecule has 0 heterocycles. The molecule has 0 aromatic carbocycles. The Kier molecular flexibility index (Phi) is 4.35. The second kappa shape index (κ2) is 5.07. The highest BCUT2D eigenvalue weighted by Crippen LogP contribution is 2.50. The van der Waals surface area contributed by atoms with Gasteiger partial charge in [-0.2, -0.15) is 0 Å². The van der Waals surface area contributed by atoms with Crippen molar-refractivity contribution >= 4 is 7.85 Å². The van der Waals surface area contributed by atoms with E-state index in [4.69, 9.17) is 0 Å². The van der Waals surface area contributed by atoms with Crippen LogP contribution >= 0.6 is 0 Å². The number of hydrogen-bond donors (Lipinski definition) is 0. The minimum absolute atomic E-state index is 0.697. The zero-order valence-electron chi connectivity index (χ0n) is 9.73. The summed E-state index contributed by atoms with van der Waals surface area (Å²) in [4.78, 5) is 0. The zero-order valence-corrected chi connectivity index (χ0v) is 9.73. The number of hydrogen-bond acceptors (Lipinski definition) is 0. The van der Waals surface area contributed by atoms with E-state index in [0.29, 0.717) is 5.31 Å². The summed E-state index contributed by atoms with van der Waals surface area (Å²) in [7, 11) is 2.54. The zero-order chi connectivity index (χ0) is 9.73. The van der Waals surface area contributed by atoms with Crippen molar-refractivity contribution in [2.24, 2.45) is 5.92 Å². The first-order chi connectivity index (χ1) is 6.23. The summed E-state index contributed by atoms with van der Waals surface area (Å²) in [6.07, 6.45) is 11.6. The Labute approximate surface area is 84.9 Å². The molecule has 0 radical (unpaired) electrons. The van der Waals surface area contributed by atoms with Crippen LogP contribution in [0.4, 0.5) is 0 Å². The molecular weight excluding hydrogens is 155 g/mol. The Morgan fingerprint density at radius 2 is 2.00 bits per heavy atom. The SMILES string of the molecule is BC1(CCC)CCCCC1CCC. The lowest BCUT2D eigenvalue weighted by Gasteiger charge is -2.42. The fourth-order valence-corrected chi connectivity index (χ4v) is 3.21. The molecule has 0 aromatic rings. The second-order valence-electron chi connectivity index (χ2n) is 5.14. The fourth-order valence-electron chi connectivity index (χ4n) is 3.21. The standard InChI is InChI=1S/C12H25B/c1-3-7-11-8-5-6-10-12(11,13)9-4-2/h11H,3-10,13H2,1-2H3. The maximum absolute atomic E-state index is 2.54. The van der Waals surface area contributed by atoms with E-state index in [1.807, 2.05) is 0 Å². The Hall–Kier alpha value is 0.0649. The molecule has 0 amide bonds. The van der Waals surface area contributed by atoms with Gasteiger partial charge in [-0.3, -0.25) is 0 Å². The van der Waals surface area contributed by atoms with Crippen LogP contribution in [0.2, 0.25) is 5.31 Å². The highest BCUT2D eigenvalue weighted by Gasteiger charge is 2.34. The summed E-state index contributed by atoms with van der Waals surface area (Å²) in [6.45, 7) is 4.67. The Bertz CT molecular complexity index is 138. The largest absolute Gasteiger partial charge is 0.109 e. The maximum Gasteiger partial charge on any atom is 0.109 e. The van der Waals surface area contributed by atoms with Crippen LogP contribution in [0.3, 0.4) is 0 Å². The highest BCUT2D eigenvalue weighted by atomic mass is 14.4. The first-order valence-electron chi connectivity index (χ1n) is 6.23. The molecule has 1 aliphatic carbocycles. The van der Waals surface area contributed by atoms with Gasteiger partial charge in [-0.05, 0) is 5.92 Å². The van der Waals surface area contributed by atoms with Crippen molar-refractivity contribution in [3.63, 3.8) is 0 Å². The van der Waals surface area contributed by atoms with Gasteiger partial charge in [0.15, 0.2) is 0 Å². The normalized spacial score (nSPS) is 34.8. The van der Waals surface area contributed by atoms with Gasteiger partial charge in [0.05, 0.1) is 0 Å². The summed E-state index contributed by atoms with van der Waals surface area (Å²) in [5.41, 5.74) is 0. The van der Waals surface area contributed by atoms with Crippen molar-refractivity contribution in [3.05, 3.63) is 0 Å². The predicted octanol–water partition coefficient (Wildman–Crippen LogP) is 3.57. The van der Waals surface area contributed by atoms with Crippen molar-refractivity contribution < 1.29 is 0 Å². The molecule has 2 unspecified atom stereocenters. The summed E-state index contributed by atoms with van der Waals surface area (Å²) in [6, 6.07) is 0. The van der Waals surface area contributed by atoms with Crippen LogP contribution in [0.25, 0.3) is 0 Å². The van der Waals surface area contributed by atoms with Crippen LogP contribution in [0.5, 0.6) is 0 Å². The third-order valence-corrected chi connectivity index (χ3v) is 3.99. The van der Waals surface area contributed by atoms with Gasteiger partial charge in [-0.15, -0.1) is 0 Å². The fraction of sp³-hybridized carbons (Fsp3) is 1.00. The Balaban J connectivity index is 2.54. The van der Waals surface area contributed by atoms with Crippen LogP contribution in [-0.4, -0.2) is 7.85 Å². The quantitative estimate of drug-likeness (QED) is 0.580. The molecule has 0 aromatic heterocycles. The molecule has 13 heavy (non-hydrogen) atoms. The van der Waals surface area contributed by atoms with Gasteiger partial charge in [0.1, 0.15) is 7.85 Å². The van der Waals surface area contributed by atoms with Crippen LogP contribution in [0.15, 0.2) is 0 Å². The predicted molar refractivity (Wildman–Crippen MR) is 63.0 cm³/mol. The van der Waals surface area contributed by atoms with Crippen molar-refractivity contribution in [2.45, 2.75) is 70.5 Å². The molecule has 1 fully saturated rings. The van der Waals surface area contributed by atoms with Gasteiger partial charge >= 0.3 is 0 Å². The molecule has 0 bridgehead atoms. The van der Waals surface area contributed by atoms with Gasteiger partial charge in [0, 0.05) is 0 Å². The van der Waals surface area contributed by atoms with E-state index in [1.165, 1.54) is 51.4 Å². The average molecular weight is 180 g/mol. The lowest BCUT2D eigenvalue weighted by atomic mass is 9.52. The van der Waals surface area contributed by atoms with E-state index in [9.17, 15) is 0 Å². The summed E-state index contributed by atoms with van der Waals surface area (Å²) in [5.74, 6) is 1.03. The van der Waals surface area contributed by atoms with E-state index < -0.39 is 0 Å². The molecule has 1 heteroatoms. The highest BCUT2D eigenvalue weighted by molar-refractivity contribution is 6.15. The van der Waals surface area contributed by atoms with E-state index in [1.54, 1.807) is 0 Å². The molecule has 0 saturated heterocycles. The van der Waals surface area contributed by atoms with Gasteiger partial charge in [-0.1, -0.05) is 70.5 Å². The molecule has 0 spiro atoms. The molecule has 1 aliphatic rings. The molecule has 1 saturated carbocycles. The molecule has 2 atom stereocenters. The smallest absolute Gasteiger partial charge is 0.0654 e. The van der Waals surface area contributed by atoms with Gasteiger partial charge in [0.2, 0.25) is 0 Å². The van der Waals surface area contributed by atoms with Gasteiger partial charge < -0.3 is 0 Å². The molecule has 0 N–H and O–H groups in total. The summed E-state index contributed by atoms with van der Waals surface area (Å²) in [5, 5.41) is 0.697. The maximum atomic E-state index is 2.54. The topological polar surface area (TPSA) is 0 Å². The van der Waals surface area contributed by atoms with Crippen LogP contribution < -0.4 is 0 Å². The molecular formula is C12H25B. The monoisotopic (exact) mass is 180 g/mol. The van der Waals surface area contributed by atoms with Crippen LogP contribution in [0, 0.1) is 5.92 Å². The van der Waals surface area contributed by atoms with Crippen molar-refractivity contribution in [3.8, 4) is 0 Å². The lowest BCUT2D eigenvalue weighted by molar-refractivity contribution is 0.227. The number of rotatable bonds is 4. The van der Waals surface area contributed by atoms with E-state index in [-0.39, 0.29) is 0 Å². The van der Waals surface area contributed by atoms with Crippen molar-refractivity contribution in [2.75, 3.05) is 0 Å². The van der Waals surface area contributed by atoms with E-state index >= 15 is 0 Å². The van der Waals surface area contributed by atoms with Crippen molar-refractivity contribution in [1.82, 2.24) is 0 Å². The average Bonchev–Trinajstić information content (AvgIpc) is 2.10. The van der Waals surface area contributed by atoms with Gasteiger partial charge in [0.25, 0.3) is 0 Å². The molecule has 0 nitrogen and oxygen atoms in total. The first kappa shape index (κ1) is 11.1. The Morgan fingerprint density at radius 3 is 2.62 bits per heavy atom. The molecule has 0 aliphatic heterocycles. The van der Waals surface area contributed by atoms with Crippen LogP contribution in [0.1, 0.15) is 65.2 Å². The van der Waals surface area contributed by atoms with Gasteiger partial charge in [-0.25, -0.2) is 0 Å². The first-order valence-corrected chi connectivity index (χ1v) is 6.23.